The number of hydrogen-bond donors (Lipinski definition) is 1. The number of hydrogen-bond acceptors (Lipinski definition) is 5. The van der Waals surface area contributed by atoms with E-state index in [1.807, 2.05) is 93.0 Å². The van der Waals surface area contributed by atoms with Gasteiger partial charge in [-0.25, -0.2) is 0 Å². The van der Waals surface area contributed by atoms with E-state index in [9.17, 15) is 0 Å². The molecule has 6 heteroatoms. The molecule has 0 aromatic heterocycles. The Morgan fingerprint density at radius 2 is 1.58 bits per heavy atom. The maximum absolute atomic E-state index is 15.6. The van der Waals surface area contributed by atoms with Gasteiger partial charge in [0.1, 0.15) is 11.5 Å². The van der Waals surface area contributed by atoms with Crippen molar-refractivity contribution < 1.29 is 13.8 Å². The van der Waals surface area contributed by atoms with Crippen LogP contribution in [0, 0.1) is 17.8 Å². The van der Waals surface area contributed by atoms with E-state index < -0.39 is 13.2 Å². The zero-order valence-electron chi connectivity index (χ0n) is 23.6. The summed E-state index contributed by atoms with van der Waals surface area (Å²) in [5.41, 5.74) is 2.86. The minimum atomic E-state index is -3.49. The summed E-state index contributed by atoms with van der Waals surface area (Å²) >= 11 is 0. The fraction of sp³-hybridized carbons (Fsp3) is 0.438. The molecule has 0 heterocycles. The highest BCUT2D eigenvalue weighted by molar-refractivity contribution is 7.67. The average molecular weight is 535 g/mol. The van der Waals surface area contributed by atoms with Crippen molar-refractivity contribution >= 4 is 24.0 Å². The molecule has 0 aliphatic heterocycles. The topological polar surface area (TPSA) is 50.8 Å². The Bertz CT molecular complexity index is 1200. The van der Waals surface area contributed by atoms with Crippen molar-refractivity contribution in [1.29, 1.82) is 0 Å². The molecule has 0 amide bonds. The normalized spacial score (nSPS) is 21.9. The van der Waals surface area contributed by atoms with Gasteiger partial charge in [0.15, 0.2) is 0 Å². The molecule has 5 nitrogen and oxygen atoms in total. The van der Waals surface area contributed by atoms with E-state index in [4.69, 9.17) is 9.26 Å². The number of rotatable bonds is 10. The van der Waals surface area contributed by atoms with E-state index in [1.165, 1.54) is 6.42 Å². The molecule has 0 spiro atoms. The van der Waals surface area contributed by atoms with Gasteiger partial charge in [-0.15, -0.1) is 0 Å². The summed E-state index contributed by atoms with van der Waals surface area (Å²) < 4.78 is 28.0. The molecular weight excluding hydrogens is 491 g/mol. The van der Waals surface area contributed by atoms with E-state index in [2.05, 4.69) is 31.0 Å². The predicted molar refractivity (Wildman–Crippen MR) is 160 cm³/mol. The highest BCUT2D eigenvalue weighted by atomic mass is 31.2. The molecule has 0 saturated heterocycles. The van der Waals surface area contributed by atoms with Crippen molar-refractivity contribution in [2.75, 3.05) is 31.4 Å². The predicted octanol–water partition coefficient (Wildman–Crippen LogP) is 7.95. The van der Waals surface area contributed by atoms with Gasteiger partial charge in [-0.3, -0.25) is 4.57 Å². The SMILES string of the molecule is COc1ccc([C@H](Nc2ccccc2)[P@](=O)(O[C@@H]2C[C@@H](C)CC[C@@H]2C(C)C)c2ccc(N(C)C)cc2)cc1. The smallest absolute Gasteiger partial charge is 0.258 e. The van der Waals surface area contributed by atoms with Gasteiger partial charge < -0.3 is 19.5 Å². The van der Waals surface area contributed by atoms with Gasteiger partial charge in [-0.05, 0) is 84.7 Å². The molecule has 0 bridgehead atoms. The van der Waals surface area contributed by atoms with E-state index in [0.29, 0.717) is 17.8 Å². The molecule has 1 N–H and O–H groups in total. The molecule has 3 aromatic rings. The van der Waals surface area contributed by atoms with Crippen LogP contribution < -0.4 is 20.3 Å². The van der Waals surface area contributed by atoms with Gasteiger partial charge >= 0.3 is 0 Å². The minimum Gasteiger partial charge on any atom is -0.497 e. The Morgan fingerprint density at radius 1 is 0.921 bits per heavy atom. The molecule has 1 aliphatic carbocycles. The first kappa shape index (κ1) is 28.3. The first-order valence-electron chi connectivity index (χ1n) is 13.7. The Kier molecular flexibility index (Phi) is 9.23. The lowest BCUT2D eigenvalue weighted by Gasteiger charge is -2.41. The number of ether oxygens (including phenoxy) is 1. The van der Waals surface area contributed by atoms with Crippen LogP contribution in [0.4, 0.5) is 11.4 Å². The maximum atomic E-state index is 15.6. The highest BCUT2D eigenvalue weighted by Crippen LogP contribution is 2.61. The van der Waals surface area contributed by atoms with Crippen molar-refractivity contribution in [2.45, 2.75) is 51.9 Å². The van der Waals surface area contributed by atoms with Crippen LogP contribution in [0.5, 0.6) is 5.75 Å². The Labute approximate surface area is 229 Å². The zero-order valence-corrected chi connectivity index (χ0v) is 24.5. The third-order valence-electron chi connectivity index (χ3n) is 7.83. The van der Waals surface area contributed by atoms with E-state index in [0.717, 1.165) is 40.8 Å². The maximum Gasteiger partial charge on any atom is 0.258 e. The van der Waals surface area contributed by atoms with Crippen LogP contribution in [0.15, 0.2) is 78.9 Å². The van der Waals surface area contributed by atoms with Gasteiger partial charge in [0.2, 0.25) is 0 Å². The molecule has 1 saturated carbocycles. The molecule has 5 atom stereocenters. The van der Waals surface area contributed by atoms with Crippen LogP contribution in [0.25, 0.3) is 0 Å². The second kappa shape index (κ2) is 12.4. The number of methoxy groups -OCH3 is 1. The lowest BCUT2D eigenvalue weighted by Crippen LogP contribution is -2.35. The van der Waals surface area contributed by atoms with Crippen molar-refractivity contribution in [1.82, 2.24) is 0 Å². The van der Waals surface area contributed by atoms with E-state index >= 15 is 4.57 Å². The van der Waals surface area contributed by atoms with E-state index in [1.54, 1.807) is 7.11 Å². The van der Waals surface area contributed by atoms with Gasteiger partial charge in [0.05, 0.1) is 13.2 Å². The molecule has 0 unspecified atom stereocenters. The van der Waals surface area contributed by atoms with Gasteiger partial charge in [-0.1, -0.05) is 57.5 Å². The quantitative estimate of drug-likeness (QED) is 0.268. The summed E-state index contributed by atoms with van der Waals surface area (Å²) in [6.45, 7) is 6.81. The summed E-state index contributed by atoms with van der Waals surface area (Å²) in [5.74, 6) is 1.57. The Hall–Kier alpha value is -2.75. The van der Waals surface area contributed by atoms with Crippen LogP contribution in [0.3, 0.4) is 0 Å². The summed E-state index contributed by atoms with van der Waals surface area (Å²) in [5, 5.41) is 4.34. The van der Waals surface area contributed by atoms with Crippen molar-refractivity contribution in [3.8, 4) is 5.75 Å². The van der Waals surface area contributed by atoms with Crippen LogP contribution in [-0.2, 0) is 9.09 Å². The lowest BCUT2D eigenvalue weighted by molar-refractivity contribution is 0.0489. The zero-order chi connectivity index (χ0) is 27.3. The molecule has 3 aromatic carbocycles. The monoisotopic (exact) mass is 534 g/mol. The summed E-state index contributed by atoms with van der Waals surface area (Å²) in [7, 11) is 2.20. The van der Waals surface area contributed by atoms with Crippen LogP contribution in [0.1, 0.15) is 51.4 Å². The van der Waals surface area contributed by atoms with Crippen LogP contribution in [0.2, 0.25) is 0 Å². The Morgan fingerprint density at radius 3 is 2.16 bits per heavy atom. The largest absolute Gasteiger partial charge is 0.497 e. The lowest BCUT2D eigenvalue weighted by atomic mass is 9.75. The third-order valence-corrected chi connectivity index (χ3v) is 10.5. The van der Waals surface area contributed by atoms with Crippen LogP contribution in [-0.4, -0.2) is 27.3 Å². The van der Waals surface area contributed by atoms with Gasteiger partial charge in [-0.2, -0.15) is 0 Å². The second-order valence-corrected chi connectivity index (χ2v) is 13.6. The third kappa shape index (κ3) is 6.45. The fourth-order valence-electron chi connectivity index (χ4n) is 5.51. The summed E-state index contributed by atoms with van der Waals surface area (Å²) in [4.78, 5) is 2.05. The number of para-hydroxylation sites is 1. The number of benzene rings is 3. The van der Waals surface area contributed by atoms with Crippen molar-refractivity contribution in [3.05, 3.63) is 84.4 Å². The minimum absolute atomic E-state index is 0.0727. The molecule has 204 valence electrons. The summed E-state index contributed by atoms with van der Waals surface area (Å²) in [6.07, 6.45) is 3.14. The number of nitrogens with one attached hydrogen (secondary N) is 1. The summed E-state index contributed by atoms with van der Waals surface area (Å²) in [6, 6.07) is 25.8. The van der Waals surface area contributed by atoms with Gasteiger partial charge in [0.25, 0.3) is 7.37 Å². The Balaban J connectivity index is 1.85. The van der Waals surface area contributed by atoms with Crippen molar-refractivity contribution in [3.63, 3.8) is 0 Å². The first-order chi connectivity index (χ1) is 18.2. The molecule has 38 heavy (non-hydrogen) atoms. The standard InChI is InChI=1S/C32H43N2O3P/c1-23(2)30-21-12-24(3)22-31(30)37-38(35,29-19-15-27(16-20-29)34(4)5)32(33-26-10-8-7-9-11-26)25-13-17-28(36-6)18-14-25/h7-11,13-20,23-24,30-33H,12,21-22H2,1-6H3/t24-,30+,31+,32+,38+/m0/s1. The molecule has 0 radical (unpaired) electrons. The van der Waals surface area contributed by atoms with Crippen molar-refractivity contribution in [2.24, 2.45) is 17.8 Å². The first-order valence-corrected chi connectivity index (χ1v) is 15.4. The molecule has 1 aliphatic rings. The second-order valence-electron chi connectivity index (χ2n) is 11.2. The molecule has 4 rings (SSSR count). The molecule has 1 fully saturated rings. The average Bonchev–Trinajstić information content (AvgIpc) is 2.92. The fourth-order valence-corrected chi connectivity index (χ4v) is 8.14. The number of nitrogens with zero attached hydrogens (tertiary/aromatic N) is 1. The van der Waals surface area contributed by atoms with Gasteiger partial charge in [0, 0.05) is 30.8 Å². The number of anilines is 2. The highest BCUT2D eigenvalue weighted by Gasteiger charge is 2.43. The molecular formula is C32H43N2O3P. The van der Waals surface area contributed by atoms with Crippen LogP contribution >= 0.6 is 7.37 Å². The van der Waals surface area contributed by atoms with E-state index in [-0.39, 0.29) is 6.10 Å².